The molecule has 1 aromatic carbocycles. The Labute approximate surface area is 116 Å². The zero-order valence-electron chi connectivity index (χ0n) is 10.1. The number of rotatable bonds is 4. The second kappa shape index (κ2) is 5.28. The number of hydrogen-bond acceptors (Lipinski definition) is 3. The lowest BCUT2D eigenvalue weighted by Gasteiger charge is -2.34. The second-order valence-corrected chi connectivity index (χ2v) is 7.35. The fraction of sp³-hybridized carbons (Fsp3) is 0.500. The van der Waals surface area contributed by atoms with Crippen molar-refractivity contribution in [3.63, 3.8) is 0 Å². The van der Waals surface area contributed by atoms with Crippen LogP contribution in [0, 0.1) is 0 Å². The van der Waals surface area contributed by atoms with Crippen LogP contribution in [0.15, 0.2) is 27.6 Å². The maximum atomic E-state index is 12.5. The highest BCUT2D eigenvalue weighted by atomic mass is 79.9. The summed E-state index contributed by atoms with van der Waals surface area (Å²) in [5.41, 5.74) is 0.596. The second-order valence-electron chi connectivity index (χ2n) is 4.53. The van der Waals surface area contributed by atoms with Gasteiger partial charge in [0.1, 0.15) is 0 Å². The Morgan fingerprint density at radius 3 is 2.61 bits per heavy atom. The van der Waals surface area contributed by atoms with Crippen molar-refractivity contribution >= 4 is 26.0 Å². The highest BCUT2D eigenvalue weighted by Crippen LogP contribution is 2.31. The van der Waals surface area contributed by atoms with Crippen molar-refractivity contribution in [2.24, 2.45) is 0 Å². The molecule has 0 unspecified atom stereocenters. The lowest BCUT2D eigenvalue weighted by Crippen LogP contribution is -2.41. The highest BCUT2D eigenvalue weighted by molar-refractivity contribution is 9.10. The van der Waals surface area contributed by atoms with E-state index in [0.717, 1.165) is 19.3 Å². The van der Waals surface area contributed by atoms with Crippen LogP contribution in [0.2, 0.25) is 0 Å². The van der Waals surface area contributed by atoms with Crippen LogP contribution >= 0.6 is 15.9 Å². The molecular formula is C12H16BrNO3S. The van der Waals surface area contributed by atoms with Gasteiger partial charge in [-0.1, -0.05) is 12.5 Å². The topological polar surface area (TPSA) is 57.6 Å². The average Bonchev–Trinajstić information content (AvgIpc) is 2.27. The minimum atomic E-state index is -3.49. The molecule has 0 aliphatic heterocycles. The number of aliphatic hydroxyl groups is 1. The summed E-state index contributed by atoms with van der Waals surface area (Å²) in [5.74, 6) is 0. The third-order valence-corrected chi connectivity index (χ3v) is 6.33. The molecule has 0 bridgehead atoms. The average molecular weight is 334 g/mol. The number of sulfonamides is 1. The van der Waals surface area contributed by atoms with Gasteiger partial charge >= 0.3 is 0 Å². The van der Waals surface area contributed by atoms with E-state index in [1.54, 1.807) is 19.2 Å². The maximum absolute atomic E-state index is 12.5. The van der Waals surface area contributed by atoms with Gasteiger partial charge in [-0.2, -0.15) is 4.31 Å². The first kappa shape index (κ1) is 14.0. The van der Waals surface area contributed by atoms with Crippen LogP contribution in [-0.2, 0) is 16.6 Å². The van der Waals surface area contributed by atoms with Crippen molar-refractivity contribution in [1.29, 1.82) is 0 Å². The van der Waals surface area contributed by atoms with Gasteiger partial charge in [-0.3, -0.25) is 0 Å². The lowest BCUT2D eigenvalue weighted by molar-refractivity contribution is 0.249. The Balaban J connectivity index is 2.39. The van der Waals surface area contributed by atoms with E-state index >= 15 is 0 Å². The summed E-state index contributed by atoms with van der Waals surface area (Å²) in [7, 11) is -1.86. The molecule has 0 atom stereocenters. The third kappa shape index (κ3) is 2.47. The first-order chi connectivity index (χ1) is 8.46. The van der Waals surface area contributed by atoms with Crippen LogP contribution in [0.25, 0.3) is 0 Å². The monoisotopic (exact) mass is 333 g/mol. The molecule has 1 fully saturated rings. The molecule has 1 aliphatic rings. The van der Waals surface area contributed by atoms with E-state index < -0.39 is 10.0 Å². The molecule has 1 aliphatic carbocycles. The zero-order chi connectivity index (χ0) is 13.3. The quantitative estimate of drug-likeness (QED) is 0.918. The van der Waals surface area contributed by atoms with Gasteiger partial charge in [0.05, 0.1) is 11.5 Å². The summed E-state index contributed by atoms with van der Waals surface area (Å²) in [6, 6.07) is 4.99. The summed E-state index contributed by atoms with van der Waals surface area (Å²) >= 11 is 3.27. The van der Waals surface area contributed by atoms with Crippen molar-refractivity contribution < 1.29 is 13.5 Å². The first-order valence-corrected chi connectivity index (χ1v) is 8.07. The van der Waals surface area contributed by atoms with Gasteiger partial charge in [0, 0.05) is 17.6 Å². The van der Waals surface area contributed by atoms with Crippen LogP contribution in [0.5, 0.6) is 0 Å². The molecule has 0 amide bonds. The molecule has 1 saturated carbocycles. The molecule has 18 heavy (non-hydrogen) atoms. The molecule has 1 N–H and O–H groups in total. The Bertz CT molecular complexity index is 540. The Hall–Kier alpha value is -0.430. The summed E-state index contributed by atoms with van der Waals surface area (Å²) in [5, 5.41) is 9.10. The van der Waals surface area contributed by atoms with Crippen molar-refractivity contribution in [3.05, 3.63) is 28.2 Å². The standard InChI is InChI=1S/C12H16BrNO3S/c1-14(10-3-2-4-10)18(16,17)12-7-9(8-15)5-6-11(12)13/h5-7,10,15H,2-4,8H2,1H3. The smallest absolute Gasteiger partial charge is 0.244 e. The molecule has 0 heterocycles. The van der Waals surface area contributed by atoms with E-state index in [1.807, 2.05) is 0 Å². The summed E-state index contributed by atoms with van der Waals surface area (Å²) in [6.45, 7) is -0.164. The number of nitrogens with zero attached hydrogens (tertiary/aromatic N) is 1. The predicted octanol–water partition coefficient (Wildman–Crippen LogP) is 2.11. The van der Waals surface area contributed by atoms with Crippen molar-refractivity contribution in [3.8, 4) is 0 Å². The van der Waals surface area contributed by atoms with E-state index in [2.05, 4.69) is 15.9 Å². The van der Waals surface area contributed by atoms with Crippen molar-refractivity contribution in [2.75, 3.05) is 7.05 Å². The van der Waals surface area contributed by atoms with Crippen molar-refractivity contribution in [1.82, 2.24) is 4.31 Å². The molecule has 100 valence electrons. The van der Waals surface area contributed by atoms with Gasteiger partial charge in [0.15, 0.2) is 0 Å². The molecule has 2 rings (SSSR count). The number of benzene rings is 1. The number of hydrogen-bond donors (Lipinski definition) is 1. The van der Waals surface area contributed by atoms with Crippen LogP contribution in [0.4, 0.5) is 0 Å². The van der Waals surface area contributed by atoms with Crippen LogP contribution in [0.3, 0.4) is 0 Å². The van der Waals surface area contributed by atoms with E-state index in [1.165, 1.54) is 10.4 Å². The van der Waals surface area contributed by atoms with Gasteiger partial charge < -0.3 is 5.11 Å². The fourth-order valence-corrected chi connectivity index (χ4v) is 4.33. The largest absolute Gasteiger partial charge is 0.392 e. The van der Waals surface area contributed by atoms with Crippen molar-refractivity contribution in [2.45, 2.75) is 36.8 Å². The minimum Gasteiger partial charge on any atom is -0.392 e. The van der Waals surface area contributed by atoms with Crippen LogP contribution < -0.4 is 0 Å². The maximum Gasteiger partial charge on any atom is 0.244 e. The molecule has 0 saturated heterocycles. The Kier molecular flexibility index (Phi) is 4.11. The van der Waals surface area contributed by atoms with Gasteiger partial charge in [0.2, 0.25) is 10.0 Å². The first-order valence-electron chi connectivity index (χ1n) is 5.84. The van der Waals surface area contributed by atoms with Gasteiger partial charge in [-0.15, -0.1) is 0 Å². The van der Waals surface area contributed by atoms with Gasteiger partial charge in [-0.25, -0.2) is 8.42 Å². The van der Waals surface area contributed by atoms with Gasteiger partial charge in [0.25, 0.3) is 0 Å². The SMILES string of the molecule is CN(C1CCC1)S(=O)(=O)c1cc(CO)ccc1Br. The predicted molar refractivity (Wildman–Crippen MR) is 72.7 cm³/mol. The fourth-order valence-electron chi connectivity index (χ4n) is 1.95. The van der Waals surface area contributed by atoms with Gasteiger partial charge in [-0.05, 0) is 46.5 Å². The molecule has 0 aromatic heterocycles. The van der Waals surface area contributed by atoms with E-state index in [0.29, 0.717) is 10.0 Å². The lowest BCUT2D eigenvalue weighted by atomic mass is 9.94. The zero-order valence-corrected chi connectivity index (χ0v) is 12.5. The Morgan fingerprint density at radius 1 is 1.44 bits per heavy atom. The molecular weight excluding hydrogens is 318 g/mol. The minimum absolute atomic E-state index is 0.111. The third-order valence-electron chi connectivity index (χ3n) is 3.42. The summed E-state index contributed by atoms with van der Waals surface area (Å²) < 4.78 is 26.9. The molecule has 4 nitrogen and oxygen atoms in total. The molecule has 1 aromatic rings. The number of aliphatic hydroxyl groups excluding tert-OH is 1. The van der Waals surface area contributed by atoms with Crippen LogP contribution in [0.1, 0.15) is 24.8 Å². The Morgan fingerprint density at radius 2 is 2.11 bits per heavy atom. The van der Waals surface area contributed by atoms with E-state index in [4.69, 9.17) is 5.11 Å². The normalized spacial score (nSPS) is 16.9. The molecule has 0 radical (unpaired) electrons. The van der Waals surface area contributed by atoms with Crippen LogP contribution in [-0.4, -0.2) is 30.9 Å². The summed E-state index contributed by atoms with van der Waals surface area (Å²) in [4.78, 5) is 0.225. The van der Waals surface area contributed by atoms with E-state index in [9.17, 15) is 8.42 Å². The highest BCUT2D eigenvalue weighted by Gasteiger charge is 2.32. The molecule has 0 spiro atoms. The molecule has 6 heteroatoms. The summed E-state index contributed by atoms with van der Waals surface area (Å²) in [6.07, 6.45) is 2.93. The van der Waals surface area contributed by atoms with E-state index in [-0.39, 0.29) is 17.5 Å². The number of halogens is 1.